The number of nitrogens with one attached hydrogen (secondary N) is 2. The smallest absolute Gasteiger partial charge is 0.408 e. The van der Waals surface area contributed by atoms with Crippen molar-refractivity contribution in [2.24, 2.45) is 11.8 Å². The van der Waals surface area contributed by atoms with Crippen LogP contribution >= 0.6 is 0 Å². The van der Waals surface area contributed by atoms with Gasteiger partial charge in [0.2, 0.25) is 0 Å². The molecule has 0 saturated heterocycles. The molecule has 4 aliphatic rings. The molecule has 6 heteroatoms. The standard InChI is InChI=1S/C27H31FN2O3/c1-25(2,3)33-24(32)30-26-13-17-12-20(15-26)27(14-17,16-26)29-23(31)19-10-8-18(9-11-19)21-6-4-5-7-22(21)28/h4-11,17,20H,12-16H2,1-3H3,(H,29,31)(H,30,32). The Balaban J connectivity index is 1.30. The number of hydrogen-bond acceptors (Lipinski definition) is 3. The number of carbonyl (C=O) groups excluding carboxylic acids is 2. The first kappa shape index (κ1) is 21.9. The van der Waals surface area contributed by atoms with Crippen molar-refractivity contribution in [2.75, 3.05) is 0 Å². The molecule has 5 nitrogen and oxygen atoms in total. The maximum atomic E-state index is 14.1. The number of carbonyl (C=O) groups is 2. The van der Waals surface area contributed by atoms with Crippen molar-refractivity contribution in [2.45, 2.75) is 69.6 Å². The molecular weight excluding hydrogens is 419 g/mol. The van der Waals surface area contributed by atoms with E-state index >= 15 is 0 Å². The van der Waals surface area contributed by atoms with Gasteiger partial charge in [0.15, 0.2) is 0 Å². The summed E-state index contributed by atoms with van der Waals surface area (Å²) in [6.07, 6.45) is 4.21. The summed E-state index contributed by atoms with van der Waals surface area (Å²) in [5, 5.41) is 6.51. The Bertz CT molecular complexity index is 1090. The monoisotopic (exact) mass is 450 g/mol. The number of rotatable bonds is 4. The molecule has 4 atom stereocenters. The van der Waals surface area contributed by atoms with Crippen molar-refractivity contribution in [3.05, 3.63) is 59.9 Å². The molecule has 33 heavy (non-hydrogen) atoms. The summed E-state index contributed by atoms with van der Waals surface area (Å²) in [7, 11) is 0. The lowest BCUT2D eigenvalue weighted by Crippen LogP contribution is -2.56. The Morgan fingerprint density at radius 3 is 2.42 bits per heavy atom. The molecular formula is C27H31FN2O3. The van der Waals surface area contributed by atoms with Gasteiger partial charge in [0, 0.05) is 22.2 Å². The van der Waals surface area contributed by atoms with Crippen LogP contribution in [-0.2, 0) is 4.74 Å². The zero-order valence-corrected chi connectivity index (χ0v) is 19.4. The number of halogens is 1. The summed E-state index contributed by atoms with van der Waals surface area (Å²) in [6, 6.07) is 13.7. The van der Waals surface area contributed by atoms with Gasteiger partial charge in [-0.3, -0.25) is 4.79 Å². The molecule has 0 aromatic heterocycles. The summed E-state index contributed by atoms with van der Waals surface area (Å²) in [5.41, 5.74) is 0.672. The van der Waals surface area contributed by atoms with Crippen LogP contribution in [0.1, 0.15) is 63.2 Å². The molecule has 6 rings (SSSR count). The molecule has 4 aliphatic carbocycles. The highest BCUT2D eigenvalue weighted by Crippen LogP contribution is 2.62. The molecule has 0 spiro atoms. The van der Waals surface area contributed by atoms with Crippen molar-refractivity contribution >= 4 is 12.0 Å². The van der Waals surface area contributed by atoms with Crippen LogP contribution in [0.2, 0.25) is 0 Å². The van der Waals surface area contributed by atoms with Crippen molar-refractivity contribution in [1.82, 2.24) is 10.6 Å². The molecule has 4 bridgehead atoms. The second-order valence-electron chi connectivity index (χ2n) is 11.2. The summed E-state index contributed by atoms with van der Waals surface area (Å²) in [4.78, 5) is 25.7. The summed E-state index contributed by atoms with van der Waals surface area (Å²) >= 11 is 0. The van der Waals surface area contributed by atoms with Crippen LogP contribution < -0.4 is 10.6 Å². The molecule has 174 valence electrons. The lowest BCUT2D eigenvalue weighted by molar-refractivity contribution is 0.0399. The van der Waals surface area contributed by atoms with E-state index in [2.05, 4.69) is 10.6 Å². The first-order chi connectivity index (χ1) is 15.6. The first-order valence-electron chi connectivity index (χ1n) is 11.8. The highest BCUT2D eigenvalue weighted by molar-refractivity contribution is 5.95. The Morgan fingerprint density at radius 1 is 1.00 bits per heavy atom. The van der Waals surface area contributed by atoms with E-state index in [0.29, 0.717) is 23.0 Å². The van der Waals surface area contributed by atoms with E-state index in [1.165, 1.54) is 6.07 Å². The Hall–Kier alpha value is -2.89. The third kappa shape index (κ3) is 4.11. The van der Waals surface area contributed by atoms with Gasteiger partial charge >= 0.3 is 6.09 Å². The largest absolute Gasteiger partial charge is 0.444 e. The molecule has 2 N–H and O–H groups in total. The summed E-state index contributed by atoms with van der Waals surface area (Å²) < 4.78 is 19.6. The van der Waals surface area contributed by atoms with Crippen molar-refractivity contribution in [3.63, 3.8) is 0 Å². The highest BCUT2D eigenvalue weighted by atomic mass is 19.1. The minimum atomic E-state index is -0.545. The normalized spacial score (nSPS) is 29.7. The maximum absolute atomic E-state index is 14.1. The molecule has 4 unspecified atom stereocenters. The lowest BCUT2D eigenvalue weighted by Gasteiger charge is -2.41. The highest BCUT2D eigenvalue weighted by Gasteiger charge is 2.65. The van der Waals surface area contributed by atoms with E-state index in [1.807, 2.05) is 20.8 Å². The zero-order valence-electron chi connectivity index (χ0n) is 19.4. The molecule has 0 heterocycles. The average Bonchev–Trinajstić information content (AvgIpc) is 3.07. The zero-order chi connectivity index (χ0) is 23.4. The molecule has 0 aliphatic heterocycles. The van der Waals surface area contributed by atoms with E-state index < -0.39 is 5.60 Å². The first-order valence-corrected chi connectivity index (χ1v) is 11.8. The van der Waals surface area contributed by atoms with Crippen LogP contribution in [0.25, 0.3) is 11.1 Å². The van der Waals surface area contributed by atoms with Crippen LogP contribution in [0.15, 0.2) is 48.5 Å². The molecule has 2 aromatic rings. The van der Waals surface area contributed by atoms with Gasteiger partial charge in [-0.15, -0.1) is 0 Å². The minimum absolute atomic E-state index is 0.115. The van der Waals surface area contributed by atoms with E-state index in [1.54, 1.807) is 42.5 Å². The van der Waals surface area contributed by atoms with Crippen LogP contribution in [-0.4, -0.2) is 28.7 Å². The van der Waals surface area contributed by atoms with Crippen LogP contribution in [0.4, 0.5) is 9.18 Å². The van der Waals surface area contributed by atoms with E-state index in [0.717, 1.165) is 37.7 Å². The number of amides is 2. The second kappa shape index (κ2) is 7.57. The number of hydrogen-bond donors (Lipinski definition) is 2. The van der Waals surface area contributed by atoms with Gasteiger partial charge < -0.3 is 15.4 Å². The molecule has 2 aromatic carbocycles. The van der Waals surface area contributed by atoms with E-state index in [4.69, 9.17) is 4.74 Å². The Morgan fingerprint density at radius 2 is 1.73 bits per heavy atom. The SMILES string of the molecule is CC(C)(C)OC(=O)NC12CC3CC(C1)C(NC(=O)c1ccc(-c4ccccc4F)cc1)(C3)C2. The predicted molar refractivity (Wildman–Crippen MR) is 124 cm³/mol. The van der Waals surface area contributed by atoms with Crippen LogP contribution in [0.5, 0.6) is 0 Å². The molecule has 4 saturated carbocycles. The van der Waals surface area contributed by atoms with E-state index in [-0.39, 0.29) is 28.9 Å². The lowest BCUT2D eigenvalue weighted by atomic mass is 9.74. The Kier molecular flexibility index (Phi) is 5.03. The van der Waals surface area contributed by atoms with Gasteiger partial charge in [-0.25, -0.2) is 9.18 Å². The maximum Gasteiger partial charge on any atom is 0.408 e. The van der Waals surface area contributed by atoms with Crippen LogP contribution in [0.3, 0.4) is 0 Å². The number of benzene rings is 2. The Labute approximate surface area is 194 Å². The average molecular weight is 451 g/mol. The van der Waals surface area contributed by atoms with Crippen molar-refractivity contribution in [3.8, 4) is 11.1 Å². The molecule has 4 fully saturated rings. The second-order valence-corrected chi connectivity index (χ2v) is 11.2. The quantitative estimate of drug-likeness (QED) is 0.651. The summed E-state index contributed by atoms with van der Waals surface area (Å²) in [5.74, 6) is 0.454. The summed E-state index contributed by atoms with van der Waals surface area (Å²) in [6.45, 7) is 5.58. The van der Waals surface area contributed by atoms with Gasteiger partial charge in [-0.2, -0.15) is 0 Å². The van der Waals surface area contributed by atoms with Gasteiger partial charge in [0.05, 0.1) is 0 Å². The minimum Gasteiger partial charge on any atom is -0.444 e. The predicted octanol–water partition coefficient (Wildman–Crippen LogP) is 5.45. The third-order valence-corrected chi connectivity index (χ3v) is 7.48. The van der Waals surface area contributed by atoms with Crippen molar-refractivity contribution < 1.29 is 18.7 Å². The molecule has 0 radical (unpaired) electrons. The molecule has 2 amide bonds. The van der Waals surface area contributed by atoms with Gasteiger partial charge in [-0.1, -0.05) is 30.3 Å². The fourth-order valence-corrected chi connectivity index (χ4v) is 6.56. The van der Waals surface area contributed by atoms with E-state index in [9.17, 15) is 14.0 Å². The number of ether oxygens (including phenoxy) is 1. The third-order valence-electron chi connectivity index (χ3n) is 7.48. The number of alkyl carbamates (subject to hydrolysis) is 1. The topological polar surface area (TPSA) is 67.4 Å². The van der Waals surface area contributed by atoms with Gasteiger partial charge in [0.25, 0.3) is 5.91 Å². The van der Waals surface area contributed by atoms with Gasteiger partial charge in [0.1, 0.15) is 11.4 Å². The van der Waals surface area contributed by atoms with Gasteiger partial charge in [-0.05, 0) is 88.5 Å². The van der Waals surface area contributed by atoms with Crippen LogP contribution in [0, 0.1) is 17.7 Å². The fraction of sp³-hybridized carbons (Fsp3) is 0.481. The fourth-order valence-electron chi connectivity index (χ4n) is 6.56. The van der Waals surface area contributed by atoms with Crippen molar-refractivity contribution in [1.29, 1.82) is 0 Å².